The maximum Gasteiger partial charge on any atom is 0.298 e. The Morgan fingerprint density at radius 2 is 2.00 bits per heavy atom. The van der Waals surface area contributed by atoms with Gasteiger partial charge < -0.3 is 0 Å². The highest BCUT2D eigenvalue weighted by Gasteiger charge is 2.16. The molecule has 1 rings (SSSR count). The Labute approximate surface area is 76.5 Å². The van der Waals surface area contributed by atoms with Gasteiger partial charge in [0, 0.05) is 0 Å². The molecule has 5 heteroatoms. The van der Waals surface area contributed by atoms with Crippen molar-refractivity contribution in [3.8, 4) is 6.07 Å². The van der Waals surface area contributed by atoms with Gasteiger partial charge in [-0.3, -0.25) is 4.18 Å². The smallest absolute Gasteiger partial charge is 0.270 e. The molecule has 0 heterocycles. The lowest BCUT2D eigenvalue weighted by molar-refractivity contribution is 0.397. The van der Waals surface area contributed by atoms with Crippen LogP contribution in [0.1, 0.15) is 5.56 Å². The van der Waals surface area contributed by atoms with E-state index in [-0.39, 0.29) is 10.5 Å². The van der Waals surface area contributed by atoms with E-state index >= 15 is 0 Å². The zero-order valence-corrected chi connectivity index (χ0v) is 7.71. The summed E-state index contributed by atoms with van der Waals surface area (Å²) in [6.07, 6.45) is 0. The lowest BCUT2D eigenvalue weighted by atomic mass is 10.2. The van der Waals surface area contributed by atoms with E-state index in [1.165, 1.54) is 18.2 Å². The second kappa shape index (κ2) is 3.56. The summed E-state index contributed by atoms with van der Waals surface area (Å²) in [5.74, 6) is 0. The molecule has 0 saturated heterocycles. The number of nitriles is 1. The fraction of sp³-hybridized carbons (Fsp3) is 0.125. The summed E-state index contributed by atoms with van der Waals surface area (Å²) in [5.41, 5.74) is 0.0874. The topological polar surface area (TPSA) is 67.2 Å². The van der Waals surface area contributed by atoms with Crippen LogP contribution in [0.4, 0.5) is 0 Å². The Bertz CT molecular complexity index is 445. The molecule has 0 amide bonds. The van der Waals surface area contributed by atoms with Crippen LogP contribution in [0, 0.1) is 11.3 Å². The maximum absolute atomic E-state index is 11.2. The molecule has 0 N–H and O–H groups in total. The number of nitrogens with zero attached hydrogens (tertiary/aromatic N) is 1. The van der Waals surface area contributed by atoms with E-state index in [1.54, 1.807) is 12.1 Å². The first kappa shape index (κ1) is 9.71. The van der Waals surface area contributed by atoms with Crippen molar-refractivity contribution in [2.45, 2.75) is 4.90 Å². The van der Waals surface area contributed by atoms with Crippen LogP contribution in [-0.2, 0) is 14.3 Å². The summed E-state index contributed by atoms with van der Waals surface area (Å²) in [6.45, 7) is 0. The summed E-state index contributed by atoms with van der Waals surface area (Å²) >= 11 is 0. The summed E-state index contributed by atoms with van der Waals surface area (Å²) in [5, 5.41) is 8.61. The Balaban J connectivity index is 3.40. The summed E-state index contributed by atoms with van der Waals surface area (Å²) < 4.78 is 26.7. The van der Waals surface area contributed by atoms with Crippen molar-refractivity contribution in [1.29, 1.82) is 5.26 Å². The normalized spacial score (nSPS) is 10.8. The number of hydrogen-bond acceptors (Lipinski definition) is 4. The van der Waals surface area contributed by atoms with Crippen molar-refractivity contribution < 1.29 is 12.6 Å². The van der Waals surface area contributed by atoms with Gasteiger partial charge in [-0.1, -0.05) is 12.1 Å². The second-order valence-electron chi connectivity index (χ2n) is 2.23. The molecule has 68 valence electrons. The van der Waals surface area contributed by atoms with Crippen LogP contribution in [-0.4, -0.2) is 15.5 Å². The zero-order valence-electron chi connectivity index (χ0n) is 6.89. The van der Waals surface area contributed by atoms with E-state index in [2.05, 4.69) is 4.18 Å². The molecule has 0 atom stereocenters. The van der Waals surface area contributed by atoms with Crippen LogP contribution in [0.3, 0.4) is 0 Å². The van der Waals surface area contributed by atoms with E-state index in [4.69, 9.17) is 5.26 Å². The first-order chi connectivity index (χ1) is 6.11. The molecular formula is C8H7NO3S. The van der Waals surface area contributed by atoms with Crippen LogP contribution in [0.25, 0.3) is 0 Å². The number of rotatable bonds is 2. The highest BCUT2D eigenvalue weighted by molar-refractivity contribution is 7.86. The molecule has 13 heavy (non-hydrogen) atoms. The van der Waals surface area contributed by atoms with Gasteiger partial charge in [-0.15, -0.1) is 0 Å². The SMILES string of the molecule is COS(=O)(=O)c1ccccc1C#N. The van der Waals surface area contributed by atoms with Crippen LogP contribution in [0.5, 0.6) is 0 Å². The Morgan fingerprint density at radius 1 is 1.38 bits per heavy atom. The van der Waals surface area contributed by atoms with Gasteiger partial charge in [-0.05, 0) is 12.1 Å². The molecule has 4 nitrogen and oxygen atoms in total. The molecule has 0 radical (unpaired) electrons. The molecule has 0 bridgehead atoms. The molecule has 0 fully saturated rings. The largest absolute Gasteiger partial charge is 0.298 e. The second-order valence-corrected chi connectivity index (χ2v) is 3.91. The Hall–Kier alpha value is -1.38. The van der Waals surface area contributed by atoms with E-state index < -0.39 is 10.1 Å². The highest BCUT2D eigenvalue weighted by atomic mass is 32.2. The third-order valence-corrected chi connectivity index (χ3v) is 2.83. The molecule has 0 aliphatic rings. The van der Waals surface area contributed by atoms with Gasteiger partial charge in [0.25, 0.3) is 10.1 Å². The van der Waals surface area contributed by atoms with Crippen molar-refractivity contribution in [2.75, 3.05) is 7.11 Å². The molecule has 0 unspecified atom stereocenters. The molecule has 0 spiro atoms. The minimum Gasteiger partial charge on any atom is -0.270 e. The van der Waals surface area contributed by atoms with E-state index in [9.17, 15) is 8.42 Å². The van der Waals surface area contributed by atoms with Gasteiger partial charge in [0.2, 0.25) is 0 Å². The summed E-state index contributed by atoms with van der Waals surface area (Å²) in [4.78, 5) is -0.0972. The summed E-state index contributed by atoms with van der Waals surface area (Å²) in [6, 6.07) is 7.66. The average Bonchev–Trinajstić information content (AvgIpc) is 2.18. The van der Waals surface area contributed by atoms with Gasteiger partial charge in [0.15, 0.2) is 0 Å². The number of hydrogen-bond donors (Lipinski definition) is 0. The monoisotopic (exact) mass is 197 g/mol. The molecule has 0 aliphatic heterocycles. The van der Waals surface area contributed by atoms with E-state index in [1.807, 2.05) is 0 Å². The van der Waals surface area contributed by atoms with Crippen LogP contribution in [0.2, 0.25) is 0 Å². The standard InChI is InChI=1S/C8H7NO3S/c1-12-13(10,11)8-5-3-2-4-7(8)6-9/h2-5H,1H3. The minimum absolute atomic E-state index is 0.0874. The molecule has 0 aliphatic carbocycles. The minimum atomic E-state index is -3.76. The number of benzene rings is 1. The highest BCUT2D eigenvalue weighted by Crippen LogP contribution is 2.15. The molecular weight excluding hydrogens is 190 g/mol. The quantitative estimate of drug-likeness (QED) is 0.660. The predicted octanol–water partition coefficient (Wildman–Crippen LogP) is 0.893. The lowest BCUT2D eigenvalue weighted by Crippen LogP contribution is -2.04. The van der Waals surface area contributed by atoms with Crippen molar-refractivity contribution in [3.63, 3.8) is 0 Å². The average molecular weight is 197 g/mol. The fourth-order valence-corrected chi connectivity index (χ4v) is 1.67. The molecule has 0 aromatic heterocycles. The van der Waals surface area contributed by atoms with Crippen LogP contribution in [0.15, 0.2) is 29.2 Å². The van der Waals surface area contributed by atoms with Crippen molar-refractivity contribution >= 4 is 10.1 Å². The molecule has 1 aromatic carbocycles. The van der Waals surface area contributed by atoms with Gasteiger partial charge in [0.1, 0.15) is 11.0 Å². The molecule has 0 saturated carbocycles. The maximum atomic E-state index is 11.2. The fourth-order valence-electron chi connectivity index (χ4n) is 0.867. The van der Waals surface area contributed by atoms with Crippen molar-refractivity contribution in [2.24, 2.45) is 0 Å². The van der Waals surface area contributed by atoms with Crippen LogP contribution >= 0.6 is 0 Å². The van der Waals surface area contributed by atoms with Crippen LogP contribution < -0.4 is 0 Å². The Morgan fingerprint density at radius 3 is 2.54 bits per heavy atom. The van der Waals surface area contributed by atoms with Gasteiger partial charge >= 0.3 is 0 Å². The first-order valence-corrected chi connectivity index (χ1v) is 4.82. The first-order valence-electron chi connectivity index (χ1n) is 3.41. The third-order valence-electron chi connectivity index (χ3n) is 1.50. The van der Waals surface area contributed by atoms with Crippen molar-refractivity contribution in [3.05, 3.63) is 29.8 Å². The molecule has 1 aromatic rings. The summed E-state index contributed by atoms with van der Waals surface area (Å²) in [7, 11) is -2.70. The van der Waals surface area contributed by atoms with Gasteiger partial charge in [-0.2, -0.15) is 13.7 Å². The lowest BCUT2D eigenvalue weighted by Gasteiger charge is -2.01. The van der Waals surface area contributed by atoms with Crippen molar-refractivity contribution in [1.82, 2.24) is 0 Å². The van der Waals surface area contributed by atoms with Gasteiger partial charge in [-0.25, -0.2) is 0 Å². The Kier molecular flexibility index (Phi) is 2.66. The predicted molar refractivity (Wildman–Crippen MR) is 45.4 cm³/mol. The van der Waals surface area contributed by atoms with Gasteiger partial charge in [0.05, 0.1) is 12.7 Å². The van der Waals surface area contributed by atoms with E-state index in [0.29, 0.717) is 0 Å². The van der Waals surface area contributed by atoms with E-state index in [0.717, 1.165) is 7.11 Å². The zero-order chi connectivity index (χ0) is 9.90. The third kappa shape index (κ3) is 1.86.